The van der Waals surface area contributed by atoms with Crippen molar-refractivity contribution in [2.75, 3.05) is 25.1 Å². The Morgan fingerprint density at radius 3 is 2.55 bits per heavy atom. The van der Waals surface area contributed by atoms with Crippen LogP contribution in [-0.2, 0) is 9.59 Å². The van der Waals surface area contributed by atoms with Crippen molar-refractivity contribution < 1.29 is 9.59 Å². The molecule has 0 bridgehead atoms. The number of piperidine rings is 1. The van der Waals surface area contributed by atoms with E-state index in [1.165, 1.54) is 0 Å². The second kappa shape index (κ2) is 7.68. The van der Waals surface area contributed by atoms with E-state index in [4.69, 9.17) is 0 Å². The quantitative estimate of drug-likeness (QED) is 0.778. The van der Waals surface area contributed by atoms with Gasteiger partial charge in [0, 0.05) is 31.8 Å². The molecule has 22 heavy (non-hydrogen) atoms. The highest BCUT2D eigenvalue weighted by molar-refractivity contribution is 7.98. The van der Waals surface area contributed by atoms with Gasteiger partial charge in [-0.2, -0.15) is 11.8 Å². The SMILES string of the molecule is CCC(CC)C(=O)N1CCC2(CC1)NC(=O)C(CCSC)N2. The summed E-state index contributed by atoms with van der Waals surface area (Å²) in [6, 6.07) is -0.0752. The first kappa shape index (κ1) is 17.6. The highest BCUT2D eigenvalue weighted by atomic mass is 32.2. The first-order valence-electron chi connectivity index (χ1n) is 8.42. The van der Waals surface area contributed by atoms with Gasteiger partial charge in [-0.05, 0) is 31.3 Å². The largest absolute Gasteiger partial charge is 0.342 e. The van der Waals surface area contributed by atoms with Crippen LogP contribution in [0.25, 0.3) is 0 Å². The molecule has 2 N–H and O–H groups in total. The average Bonchev–Trinajstić information content (AvgIpc) is 2.82. The van der Waals surface area contributed by atoms with E-state index in [2.05, 4.69) is 30.7 Å². The van der Waals surface area contributed by atoms with Gasteiger partial charge in [0.1, 0.15) is 0 Å². The lowest BCUT2D eigenvalue weighted by Gasteiger charge is -2.40. The molecule has 0 aromatic heterocycles. The smallest absolute Gasteiger partial charge is 0.238 e. The van der Waals surface area contributed by atoms with Crippen LogP contribution in [0.2, 0.25) is 0 Å². The highest BCUT2D eigenvalue weighted by Crippen LogP contribution is 2.27. The van der Waals surface area contributed by atoms with Crippen LogP contribution < -0.4 is 10.6 Å². The average molecular weight is 327 g/mol. The van der Waals surface area contributed by atoms with Gasteiger partial charge in [-0.25, -0.2) is 0 Å². The summed E-state index contributed by atoms with van der Waals surface area (Å²) in [5, 5.41) is 6.64. The molecule has 126 valence electrons. The zero-order valence-electron chi connectivity index (χ0n) is 14.0. The number of nitrogens with zero attached hydrogens (tertiary/aromatic N) is 1. The summed E-state index contributed by atoms with van der Waals surface area (Å²) in [7, 11) is 0. The number of carbonyl (C=O) groups excluding carboxylic acids is 2. The summed E-state index contributed by atoms with van der Waals surface area (Å²) in [5.41, 5.74) is -0.287. The maximum atomic E-state index is 12.4. The van der Waals surface area contributed by atoms with Gasteiger partial charge >= 0.3 is 0 Å². The minimum absolute atomic E-state index is 0.0752. The fourth-order valence-corrected chi connectivity index (χ4v) is 3.94. The molecule has 0 radical (unpaired) electrons. The van der Waals surface area contributed by atoms with Crippen LogP contribution in [0.1, 0.15) is 46.0 Å². The van der Waals surface area contributed by atoms with Gasteiger partial charge in [0.2, 0.25) is 11.8 Å². The van der Waals surface area contributed by atoms with Gasteiger partial charge < -0.3 is 10.2 Å². The van der Waals surface area contributed by atoms with Crippen molar-refractivity contribution in [1.82, 2.24) is 15.5 Å². The molecular formula is C16H29N3O2S. The van der Waals surface area contributed by atoms with Gasteiger partial charge in [-0.15, -0.1) is 0 Å². The highest BCUT2D eigenvalue weighted by Gasteiger charge is 2.45. The van der Waals surface area contributed by atoms with E-state index in [1.54, 1.807) is 11.8 Å². The number of thioether (sulfide) groups is 1. The molecule has 0 aliphatic carbocycles. The molecule has 5 nitrogen and oxygen atoms in total. The van der Waals surface area contributed by atoms with Crippen molar-refractivity contribution in [2.24, 2.45) is 5.92 Å². The van der Waals surface area contributed by atoms with Crippen molar-refractivity contribution in [3.8, 4) is 0 Å². The number of hydrogen-bond acceptors (Lipinski definition) is 4. The first-order valence-corrected chi connectivity index (χ1v) is 9.82. The fourth-order valence-electron chi connectivity index (χ4n) is 3.47. The van der Waals surface area contributed by atoms with Crippen molar-refractivity contribution in [3.05, 3.63) is 0 Å². The van der Waals surface area contributed by atoms with E-state index in [1.807, 2.05) is 4.90 Å². The Hall–Kier alpha value is -0.750. The van der Waals surface area contributed by atoms with E-state index in [0.717, 1.165) is 50.9 Å². The molecule has 2 rings (SSSR count). The standard InChI is InChI=1S/C16H29N3O2S/c1-4-12(5-2)15(21)19-9-7-16(8-10-19)17-13(6-11-22-3)14(20)18-16/h12-13,17H,4-11H2,1-3H3,(H,18,20). The Morgan fingerprint density at radius 2 is 2.00 bits per heavy atom. The third-order valence-electron chi connectivity index (χ3n) is 5.00. The molecule has 1 atom stereocenters. The predicted octanol–water partition coefficient (Wildman–Crippen LogP) is 1.58. The third kappa shape index (κ3) is 3.77. The second-order valence-electron chi connectivity index (χ2n) is 6.39. The Balaban J connectivity index is 1.89. The van der Waals surface area contributed by atoms with Crippen molar-refractivity contribution >= 4 is 23.6 Å². The van der Waals surface area contributed by atoms with Gasteiger partial charge in [-0.3, -0.25) is 14.9 Å². The van der Waals surface area contributed by atoms with Crippen LogP contribution in [0.4, 0.5) is 0 Å². The molecule has 2 saturated heterocycles. The fraction of sp³-hybridized carbons (Fsp3) is 0.875. The Bertz CT molecular complexity index is 404. The molecule has 0 saturated carbocycles. The molecule has 6 heteroatoms. The van der Waals surface area contributed by atoms with E-state index >= 15 is 0 Å². The van der Waals surface area contributed by atoms with Crippen LogP contribution in [0, 0.1) is 5.92 Å². The van der Waals surface area contributed by atoms with Gasteiger partial charge in [0.25, 0.3) is 0 Å². The number of amides is 2. The Labute approximate surface area is 138 Å². The third-order valence-corrected chi connectivity index (χ3v) is 5.65. The molecule has 2 heterocycles. The summed E-state index contributed by atoms with van der Waals surface area (Å²) in [6.45, 7) is 5.62. The topological polar surface area (TPSA) is 61.4 Å². The van der Waals surface area contributed by atoms with E-state index in [0.29, 0.717) is 0 Å². The summed E-state index contributed by atoms with van der Waals surface area (Å²) in [4.78, 5) is 26.5. The van der Waals surface area contributed by atoms with E-state index in [9.17, 15) is 9.59 Å². The van der Waals surface area contributed by atoms with Gasteiger partial charge in [-0.1, -0.05) is 13.8 Å². The van der Waals surface area contributed by atoms with Crippen molar-refractivity contribution in [3.63, 3.8) is 0 Å². The second-order valence-corrected chi connectivity index (χ2v) is 7.37. The lowest BCUT2D eigenvalue weighted by molar-refractivity contribution is -0.137. The Morgan fingerprint density at radius 1 is 1.36 bits per heavy atom. The number of likely N-dealkylation sites (tertiary alicyclic amines) is 1. The molecule has 1 spiro atoms. The number of nitrogens with one attached hydrogen (secondary N) is 2. The number of hydrogen-bond donors (Lipinski definition) is 2. The van der Waals surface area contributed by atoms with Crippen LogP contribution >= 0.6 is 11.8 Å². The van der Waals surface area contributed by atoms with Crippen LogP contribution in [0.5, 0.6) is 0 Å². The molecule has 2 aliphatic heterocycles. The molecule has 2 fully saturated rings. The van der Waals surface area contributed by atoms with Crippen LogP contribution in [-0.4, -0.2) is 53.5 Å². The summed E-state index contributed by atoms with van der Waals surface area (Å²) >= 11 is 1.77. The molecule has 0 aromatic carbocycles. The Kier molecular flexibility index (Phi) is 6.15. The van der Waals surface area contributed by atoms with Crippen molar-refractivity contribution in [1.29, 1.82) is 0 Å². The molecule has 0 aromatic rings. The zero-order valence-corrected chi connectivity index (χ0v) is 14.8. The maximum Gasteiger partial charge on any atom is 0.238 e. The minimum atomic E-state index is -0.287. The molecule has 2 aliphatic rings. The van der Waals surface area contributed by atoms with E-state index < -0.39 is 0 Å². The number of rotatable bonds is 6. The van der Waals surface area contributed by atoms with Gasteiger partial charge in [0.15, 0.2) is 0 Å². The normalized spacial score (nSPS) is 24.1. The lowest BCUT2D eigenvalue weighted by Crippen LogP contribution is -2.58. The molecular weight excluding hydrogens is 298 g/mol. The zero-order chi connectivity index (χ0) is 16.2. The van der Waals surface area contributed by atoms with Crippen LogP contribution in [0.15, 0.2) is 0 Å². The lowest BCUT2D eigenvalue weighted by atomic mass is 9.95. The maximum absolute atomic E-state index is 12.4. The van der Waals surface area contributed by atoms with Crippen molar-refractivity contribution in [2.45, 2.75) is 57.7 Å². The molecule has 1 unspecified atom stereocenters. The molecule has 2 amide bonds. The van der Waals surface area contributed by atoms with Crippen LogP contribution in [0.3, 0.4) is 0 Å². The summed E-state index contributed by atoms with van der Waals surface area (Å²) < 4.78 is 0. The van der Waals surface area contributed by atoms with Gasteiger partial charge in [0.05, 0.1) is 11.7 Å². The summed E-state index contributed by atoms with van der Waals surface area (Å²) in [6.07, 6.45) is 6.35. The summed E-state index contributed by atoms with van der Waals surface area (Å²) in [5.74, 6) is 1.53. The number of carbonyl (C=O) groups is 2. The first-order chi connectivity index (χ1) is 10.5. The monoisotopic (exact) mass is 327 g/mol. The minimum Gasteiger partial charge on any atom is -0.342 e. The van der Waals surface area contributed by atoms with E-state index in [-0.39, 0.29) is 29.4 Å². The predicted molar refractivity (Wildman–Crippen MR) is 90.7 cm³/mol.